The third-order valence-corrected chi connectivity index (χ3v) is 4.08. The highest BCUT2D eigenvalue weighted by Gasteiger charge is 2.37. The molecule has 0 spiro atoms. The number of amides is 4. The zero-order valence-electron chi connectivity index (χ0n) is 13.8. The summed E-state index contributed by atoms with van der Waals surface area (Å²) in [5, 5.41) is 0. The van der Waals surface area contributed by atoms with Gasteiger partial charge in [-0.2, -0.15) is 0 Å². The number of benzene rings is 1. The first-order valence-electron chi connectivity index (χ1n) is 7.13. The third-order valence-electron chi connectivity index (χ3n) is 3.50. The zero-order chi connectivity index (χ0) is 18.0. The van der Waals surface area contributed by atoms with Gasteiger partial charge in [0.15, 0.2) is 11.5 Å². The van der Waals surface area contributed by atoms with E-state index in [-0.39, 0.29) is 5.57 Å². The zero-order valence-corrected chi connectivity index (χ0v) is 15.3. The summed E-state index contributed by atoms with van der Waals surface area (Å²) >= 11 is 3.39. The molecule has 1 saturated heterocycles. The summed E-state index contributed by atoms with van der Waals surface area (Å²) in [4.78, 5) is 38.0. The molecule has 4 amide bonds. The first-order valence-corrected chi connectivity index (χ1v) is 7.93. The number of urea groups is 1. The lowest BCUT2D eigenvalue weighted by Gasteiger charge is -2.28. The monoisotopic (exact) mass is 396 g/mol. The fourth-order valence-electron chi connectivity index (χ4n) is 2.25. The maximum Gasteiger partial charge on any atom is 0.333 e. The van der Waals surface area contributed by atoms with Crippen molar-refractivity contribution in [3.05, 3.63) is 27.7 Å². The molecule has 0 aliphatic carbocycles. The van der Waals surface area contributed by atoms with E-state index in [9.17, 15) is 14.4 Å². The largest absolute Gasteiger partial charge is 0.493 e. The van der Waals surface area contributed by atoms with Gasteiger partial charge >= 0.3 is 6.03 Å². The molecule has 0 saturated carbocycles. The number of likely N-dealkylation sites (N-methyl/N-ethyl adjacent to an activating group) is 2. The molecule has 8 heteroatoms. The Kier molecular flexibility index (Phi) is 5.28. The van der Waals surface area contributed by atoms with Gasteiger partial charge in [0.1, 0.15) is 5.57 Å². The molecule has 1 aliphatic heterocycles. The van der Waals surface area contributed by atoms with Gasteiger partial charge < -0.3 is 9.47 Å². The number of barbiturate groups is 1. The standard InChI is InChI=1S/C16H17BrN2O5/c1-5-24-13-11(17)7-9(8-12(13)23-4)6-10-14(20)18(2)16(22)19(3)15(10)21/h6-8H,5H2,1-4H3. The van der Waals surface area contributed by atoms with Crippen molar-refractivity contribution in [2.24, 2.45) is 0 Å². The number of imide groups is 2. The minimum Gasteiger partial charge on any atom is -0.493 e. The molecule has 0 N–H and O–H groups in total. The molecule has 7 nitrogen and oxygen atoms in total. The average Bonchev–Trinajstić information content (AvgIpc) is 2.57. The van der Waals surface area contributed by atoms with Crippen molar-refractivity contribution in [1.82, 2.24) is 9.80 Å². The average molecular weight is 397 g/mol. The van der Waals surface area contributed by atoms with E-state index in [2.05, 4.69) is 15.9 Å². The van der Waals surface area contributed by atoms with Crippen LogP contribution in [0.5, 0.6) is 11.5 Å². The highest BCUT2D eigenvalue weighted by molar-refractivity contribution is 9.10. The van der Waals surface area contributed by atoms with Crippen LogP contribution >= 0.6 is 15.9 Å². The Morgan fingerprint density at radius 3 is 2.21 bits per heavy atom. The lowest BCUT2D eigenvalue weighted by Crippen LogP contribution is -2.52. The van der Waals surface area contributed by atoms with Crippen molar-refractivity contribution < 1.29 is 23.9 Å². The molecule has 1 aromatic carbocycles. The van der Waals surface area contributed by atoms with Gasteiger partial charge in [0.05, 0.1) is 18.2 Å². The van der Waals surface area contributed by atoms with Gasteiger partial charge in [0, 0.05) is 14.1 Å². The minimum absolute atomic E-state index is 0.0993. The molecule has 24 heavy (non-hydrogen) atoms. The maximum absolute atomic E-state index is 12.2. The SMILES string of the molecule is CCOc1c(Br)cc(C=C2C(=O)N(C)C(=O)N(C)C2=O)cc1OC. The van der Waals surface area contributed by atoms with E-state index in [0.717, 1.165) is 9.80 Å². The summed E-state index contributed by atoms with van der Waals surface area (Å²) in [6.45, 7) is 2.31. The predicted octanol–water partition coefficient (Wildman–Crippen LogP) is 2.29. The van der Waals surface area contributed by atoms with Crippen LogP contribution in [0, 0.1) is 0 Å². The molecular formula is C16H17BrN2O5. The van der Waals surface area contributed by atoms with E-state index in [1.54, 1.807) is 12.1 Å². The summed E-state index contributed by atoms with van der Waals surface area (Å²) < 4.78 is 11.4. The molecule has 1 aromatic rings. The molecule has 0 atom stereocenters. The van der Waals surface area contributed by atoms with E-state index >= 15 is 0 Å². The second kappa shape index (κ2) is 7.04. The second-order valence-electron chi connectivity index (χ2n) is 5.04. The van der Waals surface area contributed by atoms with E-state index in [4.69, 9.17) is 9.47 Å². The fourth-order valence-corrected chi connectivity index (χ4v) is 2.82. The van der Waals surface area contributed by atoms with Crippen LogP contribution in [0.15, 0.2) is 22.2 Å². The summed E-state index contributed by atoms with van der Waals surface area (Å²) in [6.07, 6.45) is 1.42. The van der Waals surface area contributed by atoms with Gasteiger partial charge in [-0.05, 0) is 46.6 Å². The Balaban J connectivity index is 2.50. The molecule has 2 rings (SSSR count). The third kappa shape index (κ3) is 3.14. The summed E-state index contributed by atoms with van der Waals surface area (Å²) in [5.74, 6) is -0.293. The number of ether oxygens (including phenoxy) is 2. The van der Waals surface area contributed by atoms with Crippen LogP contribution in [0.1, 0.15) is 12.5 Å². The lowest BCUT2D eigenvalue weighted by molar-refractivity contribution is -0.134. The van der Waals surface area contributed by atoms with Gasteiger partial charge in [-0.3, -0.25) is 19.4 Å². The van der Waals surface area contributed by atoms with Crippen molar-refractivity contribution in [2.45, 2.75) is 6.92 Å². The molecule has 1 aliphatic rings. The fraction of sp³-hybridized carbons (Fsp3) is 0.312. The smallest absolute Gasteiger partial charge is 0.333 e. The lowest BCUT2D eigenvalue weighted by atomic mass is 10.1. The number of hydrogen-bond acceptors (Lipinski definition) is 5. The first-order chi connectivity index (χ1) is 11.3. The summed E-state index contributed by atoms with van der Waals surface area (Å²) in [7, 11) is 4.16. The summed E-state index contributed by atoms with van der Waals surface area (Å²) in [5.41, 5.74) is 0.465. The topological polar surface area (TPSA) is 76.2 Å². The van der Waals surface area contributed by atoms with E-state index in [0.29, 0.717) is 28.1 Å². The molecule has 1 heterocycles. The Labute approximate surface area is 147 Å². The van der Waals surface area contributed by atoms with Crippen molar-refractivity contribution in [3.8, 4) is 11.5 Å². The maximum atomic E-state index is 12.2. The van der Waals surface area contributed by atoms with Gasteiger partial charge in [0.2, 0.25) is 0 Å². The van der Waals surface area contributed by atoms with Crippen LogP contribution in [0.25, 0.3) is 6.08 Å². The molecule has 0 unspecified atom stereocenters. The number of carbonyl (C=O) groups excluding carboxylic acids is 3. The van der Waals surface area contributed by atoms with Crippen LogP contribution in [0.4, 0.5) is 4.79 Å². The van der Waals surface area contributed by atoms with Gasteiger partial charge in [-0.15, -0.1) is 0 Å². The van der Waals surface area contributed by atoms with Crippen LogP contribution < -0.4 is 9.47 Å². The van der Waals surface area contributed by atoms with Crippen LogP contribution in [0.3, 0.4) is 0 Å². The molecule has 128 valence electrons. The minimum atomic E-state index is -0.660. The molecular weight excluding hydrogens is 380 g/mol. The van der Waals surface area contributed by atoms with E-state index < -0.39 is 17.8 Å². The Bertz CT molecular complexity index is 718. The van der Waals surface area contributed by atoms with Gasteiger partial charge in [-0.1, -0.05) is 0 Å². The predicted molar refractivity (Wildman–Crippen MR) is 90.8 cm³/mol. The van der Waals surface area contributed by atoms with Gasteiger partial charge in [0.25, 0.3) is 11.8 Å². The Morgan fingerprint density at radius 1 is 1.12 bits per heavy atom. The molecule has 0 radical (unpaired) electrons. The highest BCUT2D eigenvalue weighted by atomic mass is 79.9. The Hall–Kier alpha value is -2.35. The van der Waals surface area contributed by atoms with Crippen molar-refractivity contribution >= 4 is 39.9 Å². The second-order valence-corrected chi connectivity index (χ2v) is 5.89. The van der Waals surface area contributed by atoms with E-state index in [1.807, 2.05) is 6.92 Å². The van der Waals surface area contributed by atoms with Crippen LogP contribution in [-0.4, -0.2) is 55.5 Å². The molecule has 0 aromatic heterocycles. The number of methoxy groups -OCH3 is 1. The Morgan fingerprint density at radius 2 is 1.71 bits per heavy atom. The van der Waals surface area contributed by atoms with Crippen LogP contribution in [-0.2, 0) is 9.59 Å². The highest BCUT2D eigenvalue weighted by Crippen LogP contribution is 2.37. The van der Waals surface area contributed by atoms with E-state index in [1.165, 1.54) is 27.3 Å². The number of rotatable bonds is 4. The van der Waals surface area contributed by atoms with Crippen molar-refractivity contribution in [3.63, 3.8) is 0 Å². The normalized spacial score (nSPS) is 15.0. The summed E-state index contributed by atoms with van der Waals surface area (Å²) in [6, 6.07) is 2.70. The molecule has 1 fully saturated rings. The number of nitrogens with zero attached hydrogens (tertiary/aromatic N) is 2. The first kappa shape index (κ1) is 18.0. The number of hydrogen-bond donors (Lipinski definition) is 0. The van der Waals surface area contributed by atoms with Crippen molar-refractivity contribution in [1.29, 1.82) is 0 Å². The number of carbonyl (C=O) groups is 3. The number of halogens is 1. The quantitative estimate of drug-likeness (QED) is 0.576. The van der Waals surface area contributed by atoms with Crippen molar-refractivity contribution in [2.75, 3.05) is 27.8 Å². The molecule has 0 bridgehead atoms. The van der Waals surface area contributed by atoms with Gasteiger partial charge in [-0.25, -0.2) is 4.79 Å². The van der Waals surface area contributed by atoms with Crippen LogP contribution in [0.2, 0.25) is 0 Å².